The number of aliphatic hydroxyl groups is 1. The minimum Gasteiger partial charge on any atom is -0.508 e. The molecule has 0 aliphatic carbocycles. The molecule has 0 heterocycles. The Balaban J connectivity index is 1.97. The first-order valence-corrected chi connectivity index (χ1v) is 6.65. The highest BCUT2D eigenvalue weighted by Crippen LogP contribution is 2.05. The molecule has 0 saturated carbocycles. The van der Waals surface area contributed by atoms with E-state index in [2.05, 4.69) is 0 Å². The number of allylic oxidation sites excluding steroid dienone is 3. The normalized spacial score (nSPS) is 12.1. The highest BCUT2D eigenvalue weighted by Gasteiger charge is 1.94. The molecule has 0 aliphatic heterocycles. The molecule has 0 aromatic heterocycles. The molecular formula is C19H16O2. The zero-order valence-corrected chi connectivity index (χ0v) is 11.5. The predicted octanol–water partition coefficient (Wildman–Crippen LogP) is 4.42. The largest absolute Gasteiger partial charge is 0.508 e. The fraction of sp³-hybridized carbons (Fsp3) is 0. The van der Waals surface area contributed by atoms with Crippen molar-refractivity contribution >= 4 is 17.9 Å². The van der Waals surface area contributed by atoms with Gasteiger partial charge in [-0.2, -0.15) is 0 Å². The number of benzene rings is 2. The van der Waals surface area contributed by atoms with Gasteiger partial charge in [-0.15, -0.1) is 0 Å². The highest BCUT2D eigenvalue weighted by atomic mass is 16.3. The van der Waals surface area contributed by atoms with Gasteiger partial charge in [0.15, 0.2) is 5.78 Å². The van der Waals surface area contributed by atoms with Crippen LogP contribution in [0, 0.1) is 0 Å². The summed E-state index contributed by atoms with van der Waals surface area (Å²) in [6.07, 6.45) is 7.59. The number of aliphatic hydroxyl groups excluding tert-OH is 1. The Morgan fingerprint density at radius 3 is 1.76 bits per heavy atom. The molecule has 0 atom stereocenters. The lowest BCUT2D eigenvalue weighted by molar-refractivity contribution is -0.110. The third-order valence-corrected chi connectivity index (χ3v) is 2.78. The van der Waals surface area contributed by atoms with E-state index in [9.17, 15) is 9.90 Å². The number of carbonyl (C=O) groups is 1. The van der Waals surface area contributed by atoms with Crippen LogP contribution >= 0.6 is 0 Å². The number of hydrogen-bond acceptors (Lipinski definition) is 2. The van der Waals surface area contributed by atoms with Crippen LogP contribution in [0.5, 0.6) is 0 Å². The van der Waals surface area contributed by atoms with Crippen LogP contribution in [0.15, 0.2) is 84.7 Å². The van der Waals surface area contributed by atoms with Crippen LogP contribution in [-0.2, 0) is 4.79 Å². The van der Waals surface area contributed by atoms with E-state index < -0.39 is 0 Å². The summed E-state index contributed by atoms with van der Waals surface area (Å²) in [6.45, 7) is 0. The zero-order chi connectivity index (χ0) is 14.9. The van der Waals surface area contributed by atoms with Gasteiger partial charge < -0.3 is 5.11 Å². The van der Waals surface area contributed by atoms with E-state index in [4.69, 9.17) is 0 Å². The minimum absolute atomic E-state index is 0.0680. The molecule has 0 bridgehead atoms. The molecule has 104 valence electrons. The van der Waals surface area contributed by atoms with Crippen molar-refractivity contribution in [1.29, 1.82) is 0 Å². The van der Waals surface area contributed by atoms with Crippen molar-refractivity contribution in [1.82, 2.24) is 0 Å². The molecule has 0 radical (unpaired) electrons. The van der Waals surface area contributed by atoms with Crippen molar-refractivity contribution < 1.29 is 9.90 Å². The van der Waals surface area contributed by atoms with Crippen molar-refractivity contribution in [3.8, 4) is 0 Å². The summed E-state index contributed by atoms with van der Waals surface area (Å²) in [6, 6.07) is 19.1. The summed E-state index contributed by atoms with van der Waals surface area (Å²) in [5, 5.41) is 9.70. The third kappa shape index (κ3) is 5.33. The Morgan fingerprint density at radius 2 is 1.24 bits per heavy atom. The Morgan fingerprint density at radius 1 is 0.762 bits per heavy atom. The number of ketones is 1. The van der Waals surface area contributed by atoms with E-state index in [1.54, 1.807) is 12.2 Å². The summed E-state index contributed by atoms with van der Waals surface area (Å²) >= 11 is 0. The van der Waals surface area contributed by atoms with Gasteiger partial charge >= 0.3 is 0 Å². The molecule has 2 aromatic carbocycles. The molecule has 2 aromatic rings. The van der Waals surface area contributed by atoms with Gasteiger partial charge in [0.2, 0.25) is 0 Å². The second kappa shape index (κ2) is 7.65. The first-order chi connectivity index (χ1) is 10.2. The second-order valence-electron chi connectivity index (χ2n) is 4.46. The Hall–Kier alpha value is -2.87. The van der Waals surface area contributed by atoms with Crippen LogP contribution in [-0.4, -0.2) is 10.9 Å². The Labute approximate surface area is 124 Å². The summed E-state index contributed by atoms with van der Waals surface area (Å²) < 4.78 is 0. The van der Waals surface area contributed by atoms with Crippen LogP contribution in [0.25, 0.3) is 12.2 Å². The molecule has 0 saturated heterocycles. The molecule has 2 nitrogen and oxygen atoms in total. The molecule has 0 unspecified atom stereocenters. The molecule has 0 fully saturated rings. The third-order valence-electron chi connectivity index (χ3n) is 2.78. The standard InChI is InChI=1S/C19H16O2/c20-18(13-11-16-7-3-1-4-8-16)15-19(21)14-12-17-9-5-2-6-10-17/h1-15,20H/b13-11+,14-12+,18-15?. The fourth-order valence-corrected chi connectivity index (χ4v) is 1.73. The van der Waals surface area contributed by atoms with Crippen LogP contribution < -0.4 is 0 Å². The maximum Gasteiger partial charge on any atom is 0.182 e. The van der Waals surface area contributed by atoms with E-state index in [0.29, 0.717) is 0 Å². The molecule has 1 N–H and O–H groups in total. The van der Waals surface area contributed by atoms with Crippen LogP contribution in [0.2, 0.25) is 0 Å². The van der Waals surface area contributed by atoms with Crippen LogP contribution in [0.4, 0.5) is 0 Å². The van der Waals surface area contributed by atoms with Gasteiger partial charge in [-0.1, -0.05) is 72.8 Å². The van der Waals surface area contributed by atoms with E-state index in [0.717, 1.165) is 11.1 Å². The first-order valence-electron chi connectivity index (χ1n) is 6.65. The topological polar surface area (TPSA) is 37.3 Å². The molecule has 2 rings (SSSR count). The molecule has 21 heavy (non-hydrogen) atoms. The Kier molecular flexibility index (Phi) is 5.30. The van der Waals surface area contributed by atoms with Crippen molar-refractivity contribution in [3.05, 3.63) is 95.8 Å². The number of rotatable bonds is 5. The monoisotopic (exact) mass is 276 g/mol. The number of hydrogen-bond donors (Lipinski definition) is 1. The highest BCUT2D eigenvalue weighted by molar-refractivity contribution is 6.02. The van der Waals surface area contributed by atoms with E-state index in [-0.39, 0.29) is 11.5 Å². The fourth-order valence-electron chi connectivity index (χ4n) is 1.73. The average Bonchev–Trinajstić information content (AvgIpc) is 2.53. The zero-order valence-electron chi connectivity index (χ0n) is 11.5. The molecule has 2 heteroatoms. The smallest absolute Gasteiger partial charge is 0.182 e. The predicted molar refractivity (Wildman–Crippen MR) is 86.7 cm³/mol. The lowest BCUT2D eigenvalue weighted by Crippen LogP contribution is -1.88. The second-order valence-corrected chi connectivity index (χ2v) is 4.46. The van der Waals surface area contributed by atoms with Gasteiger partial charge in [-0.3, -0.25) is 4.79 Å². The van der Waals surface area contributed by atoms with Gasteiger partial charge in [0.05, 0.1) is 0 Å². The summed E-state index contributed by atoms with van der Waals surface area (Å²) in [7, 11) is 0. The lowest BCUT2D eigenvalue weighted by atomic mass is 10.2. The molecular weight excluding hydrogens is 260 g/mol. The van der Waals surface area contributed by atoms with E-state index in [1.165, 1.54) is 18.2 Å². The molecule has 0 aliphatic rings. The van der Waals surface area contributed by atoms with Gasteiger partial charge in [-0.05, 0) is 23.3 Å². The van der Waals surface area contributed by atoms with Gasteiger partial charge in [0.1, 0.15) is 5.76 Å². The van der Waals surface area contributed by atoms with Crippen LogP contribution in [0.3, 0.4) is 0 Å². The van der Waals surface area contributed by atoms with Gasteiger partial charge in [0, 0.05) is 6.08 Å². The molecule has 0 spiro atoms. The Bertz CT molecular complexity index is 665. The van der Waals surface area contributed by atoms with Crippen LogP contribution in [0.1, 0.15) is 11.1 Å². The summed E-state index contributed by atoms with van der Waals surface area (Å²) in [4.78, 5) is 11.7. The number of carbonyl (C=O) groups excluding carboxylic acids is 1. The first kappa shape index (κ1) is 14.5. The van der Waals surface area contributed by atoms with Crippen molar-refractivity contribution in [2.45, 2.75) is 0 Å². The SMILES string of the molecule is O=C(C=C(O)/C=C/c1ccccc1)/C=C/c1ccccc1. The van der Waals surface area contributed by atoms with Crippen molar-refractivity contribution in [3.63, 3.8) is 0 Å². The van der Waals surface area contributed by atoms with Crippen molar-refractivity contribution in [2.75, 3.05) is 0 Å². The van der Waals surface area contributed by atoms with Gasteiger partial charge in [0.25, 0.3) is 0 Å². The van der Waals surface area contributed by atoms with E-state index >= 15 is 0 Å². The lowest BCUT2D eigenvalue weighted by Gasteiger charge is -1.93. The minimum atomic E-state index is -0.255. The summed E-state index contributed by atoms with van der Waals surface area (Å²) in [5.41, 5.74) is 1.91. The van der Waals surface area contributed by atoms with Crippen molar-refractivity contribution in [2.24, 2.45) is 0 Å². The average molecular weight is 276 g/mol. The van der Waals surface area contributed by atoms with Gasteiger partial charge in [-0.25, -0.2) is 0 Å². The van der Waals surface area contributed by atoms with E-state index in [1.807, 2.05) is 60.7 Å². The summed E-state index contributed by atoms with van der Waals surface area (Å²) in [5.74, 6) is -0.323. The molecule has 0 amide bonds. The maximum atomic E-state index is 11.7. The maximum absolute atomic E-state index is 11.7. The quantitative estimate of drug-likeness (QED) is 0.498.